The van der Waals surface area contributed by atoms with E-state index in [-0.39, 0.29) is 37.6 Å². The van der Waals surface area contributed by atoms with Crippen molar-refractivity contribution < 1.29 is 23.9 Å². The summed E-state index contributed by atoms with van der Waals surface area (Å²) in [5.41, 5.74) is 1.79. The van der Waals surface area contributed by atoms with Crippen LogP contribution in [-0.4, -0.2) is 73.3 Å². The topological polar surface area (TPSA) is 82.6 Å². The summed E-state index contributed by atoms with van der Waals surface area (Å²) in [6, 6.07) is 12.7. The van der Waals surface area contributed by atoms with Crippen LogP contribution in [0.3, 0.4) is 0 Å². The summed E-state index contributed by atoms with van der Waals surface area (Å²) in [5, 5.41) is 0.444. The first kappa shape index (κ1) is 28.5. The van der Waals surface area contributed by atoms with Crippen LogP contribution < -0.4 is 14.5 Å². The van der Waals surface area contributed by atoms with Gasteiger partial charge in [-0.15, -0.1) is 0 Å². The van der Waals surface area contributed by atoms with Gasteiger partial charge < -0.3 is 19.3 Å². The molecule has 10 heteroatoms. The molecule has 0 aliphatic carbocycles. The summed E-state index contributed by atoms with van der Waals surface area (Å²) >= 11 is 6.58. The molecule has 0 N–H and O–H groups in total. The first-order valence-corrected chi connectivity index (χ1v) is 13.6. The molecule has 0 radical (unpaired) electrons. The van der Waals surface area contributed by atoms with E-state index < -0.39 is 11.6 Å². The van der Waals surface area contributed by atoms with E-state index >= 15 is 0 Å². The molecule has 2 aliphatic heterocycles. The first-order valence-electron chi connectivity index (χ1n) is 13.2. The number of imide groups is 1. The van der Waals surface area contributed by atoms with Crippen molar-refractivity contribution in [2.75, 3.05) is 43.6 Å². The molecule has 0 aromatic heterocycles. The summed E-state index contributed by atoms with van der Waals surface area (Å²) in [6.07, 6.45) is 1.51. The number of hydrogen-bond donors (Lipinski definition) is 0. The highest BCUT2D eigenvalue weighted by molar-refractivity contribution is 6.34. The Balaban J connectivity index is 1.45. The van der Waals surface area contributed by atoms with E-state index in [1.165, 1.54) is 4.90 Å². The van der Waals surface area contributed by atoms with Crippen molar-refractivity contribution in [2.45, 2.75) is 58.2 Å². The van der Waals surface area contributed by atoms with Crippen LogP contribution in [-0.2, 0) is 16.1 Å². The third kappa shape index (κ3) is 6.76. The highest BCUT2D eigenvalue weighted by atomic mass is 35.5. The van der Waals surface area contributed by atoms with E-state index in [0.29, 0.717) is 29.5 Å². The molecule has 2 fully saturated rings. The molecule has 0 unspecified atom stereocenters. The van der Waals surface area contributed by atoms with Crippen LogP contribution in [0.1, 0.15) is 45.6 Å². The van der Waals surface area contributed by atoms with Crippen LogP contribution in [0, 0.1) is 0 Å². The molecule has 0 spiro atoms. The van der Waals surface area contributed by atoms with Gasteiger partial charge in [-0.1, -0.05) is 23.7 Å². The molecular weight excluding hydrogens is 520 g/mol. The molecule has 0 atom stereocenters. The Morgan fingerprint density at radius 3 is 2.33 bits per heavy atom. The van der Waals surface area contributed by atoms with Gasteiger partial charge in [0.15, 0.2) is 0 Å². The van der Waals surface area contributed by atoms with Crippen molar-refractivity contribution >= 4 is 41.0 Å². The molecule has 2 aromatic rings. The summed E-state index contributed by atoms with van der Waals surface area (Å²) < 4.78 is 10.7. The zero-order chi connectivity index (χ0) is 28.3. The highest BCUT2D eigenvalue weighted by Crippen LogP contribution is 2.34. The second-order valence-electron chi connectivity index (χ2n) is 11.0. The summed E-state index contributed by atoms with van der Waals surface area (Å²) in [4.78, 5) is 45.4. The van der Waals surface area contributed by atoms with E-state index in [1.807, 2.05) is 52.1 Å². The fourth-order valence-corrected chi connectivity index (χ4v) is 5.10. The standard InChI is InChI=1S/C29H37ClN4O5/c1-29(2,3)39-28(37)32-15-12-21(13-16-32)31(4)22-8-11-24(30)25(18-22)33-17-14-26(35)34(27(33)36)19-20-6-9-23(38-5)10-7-20/h6-11,18,21H,12-17,19H2,1-5H3. The molecule has 4 amide bonds. The van der Waals surface area contributed by atoms with Gasteiger partial charge in [0.2, 0.25) is 5.91 Å². The van der Waals surface area contributed by atoms with E-state index in [1.54, 1.807) is 35.1 Å². The number of carbonyl (C=O) groups is 3. The molecule has 2 heterocycles. The SMILES string of the molecule is COc1ccc(CN2C(=O)CCN(c3cc(N(C)C4CCN(C(=O)OC(C)(C)C)CC4)ccc3Cl)C2=O)cc1. The van der Waals surface area contributed by atoms with E-state index in [0.717, 1.165) is 24.1 Å². The lowest BCUT2D eigenvalue weighted by molar-refractivity contribution is -0.129. The third-order valence-electron chi connectivity index (χ3n) is 7.10. The molecule has 2 saturated heterocycles. The smallest absolute Gasteiger partial charge is 0.410 e. The van der Waals surface area contributed by atoms with Crippen LogP contribution in [0.15, 0.2) is 42.5 Å². The minimum atomic E-state index is -0.523. The second kappa shape index (κ2) is 11.7. The number of urea groups is 1. The maximum Gasteiger partial charge on any atom is 0.410 e. The van der Waals surface area contributed by atoms with Gasteiger partial charge in [-0.3, -0.25) is 14.6 Å². The summed E-state index contributed by atoms with van der Waals surface area (Å²) in [6.45, 7) is 7.25. The number of hydrogen-bond acceptors (Lipinski definition) is 6. The van der Waals surface area contributed by atoms with E-state index in [9.17, 15) is 14.4 Å². The summed E-state index contributed by atoms with van der Waals surface area (Å²) in [5.74, 6) is 0.494. The number of halogens is 1. The minimum absolute atomic E-state index is 0.172. The average Bonchev–Trinajstić information content (AvgIpc) is 2.91. The lowest BCUT2D eigenvalue weighted by Crippen LogP contribution is -2.52. The molecule has 0 bridgehead atoms. The van der Waals surface area contributed by atoms with Crippen LogP contribution in [0.25, 0.3) is 0 Å². The molecule has 2 aromatic carbocycles. The van der Waals surface area contributed by atoms with Crippen molar-refractivity contribution in [3.63, 3.8) is 0 Å². The van der Waals surface area contributed by atoms with Crippen molar-refractivity contribution in [1.29, 1.82) is 0 Å². The fourth-order valence-electron chi connectivity index (χ4n) is 4.88. The third-order valence-corrected chi connectivity index (χ3v) is 7.42. The Kier molecular flexibility index (Phi) is 8.59. The van der Waals surface area contributed by atoms with Crippen molar-refractivity contribution in [1.82, 2.24) is 9.80 Å². The van der Waals surface area contributed by atoms with E-state index in [2.05, 4.69) is 4.90 Å². The average molecular weight is 557 g/mol. The Hall–Kier alpha value is -3.46. The quantitative estimate of drug-likeness (QED) is 0.464. The highest BCUT2D eigenvalue weighted by Gasteiger charge is 2.34. The number of likely N-dealkylation sites (tertiary alicyclic amines) is 1. The minimum Gasteiger partial charge on any atom is -0.497 e. The van der Waals surface area contributed by atoms with Gasteiger partial charge in [0.25, 0.3) is 0 Å². The molecule has 9 nitrogen and oxygen atoms in total. The predicted molar refractivity (Wildman–Crippen MR) is 152 cm³/mol. The van der Waals surface area contributed by atoms with Crippen LogP contribution in [0.4, 0.5) is 21.0 Å². The number of benzene rings is 2. The van der Waals surface area contributed by atoms with Crippen molar-refractivity contribution in [2.24, 2.45) is 0 Å². The fraction of sp³-hybridized carbons (Fsp3) is 0.483. The van der Waals surface area contributed by atoms with Gasteiger partial charge >= 0.3 is 12.1 Å². The number of ether oxygens (including phenoxy) is 2. The molecule has 39 heavy (non-hydrogen) atoms. The Morgan fingerprint density at radius 2 is 1.72 bits per heavy atom. The largest absolute Gasteiger partial charge is 0.497 e. The number of piperidine rings is 1. The Morgan fingerprint density at radius 1 is 1.05 bits per heavy atom. The van der Waals surface area contributed by atoms with Crippen molar-refractivity contribution in [3.8, 4) is 5.75 Å². The predicted octanol–water partition coefficient (Wildman–Crippen LogP) is 5.54. The van der Waals surface area contributed by atoms with E-state index in [4.69, 9.17) is 21.1 Å². The van der Waals surface area contributed by atoms with Crippen LogP contribution in [0.2, 0.25) is 5.02 Å². The van der Waals surface area contributed by atoms with Gasteiger partial charge in [0, 0.05) is 44.8 Å². The zero-order valence-corrected chi connectivity index (χ0v) is 24.0. The van der Waals surface area contributed by atoms with Crippen LogP contribution in [0.5, 0.6) is 5.75 Å². The maximum absolute atomic E-state index is 13.5. The second-order valence-corrected chi connectivity index (χ2v) is 11.4. The molecule has 210 valence electrons. The molecule has 2 aliphatic rings. The molecule has 0 saturated carbocycles. The number of rotatable bonds is 6. The zero-order valence-electron chi connectivity index (χ0n) is 23.3. The number of carbonyl (C=O) groups excluding carboxylic acids is 3. The van der Waals surface area contributed by atoms with Gasteiger partial charge in [-0.25, -0.2) is 9.59 Å². The van der Waals surface area contributed by atoms with Gasteiger partial charge in [-0.2, -0.15) is 0 Å². The lowest BCUT2D eigenvalue weighted by Gasteiger charge is -2.39. The number of methoxy groups -OCH3 is 1. The maximum atomic E-state index is 13.5. The first-order chi connectivity index (χ1) is 18.5. The monoisotopic (exact) mass is 556 g/mol. The summed E-state index contributed by atoms with van der Waals surface area (Å²) in [7, 11) is 3.60. The Bertz CT molecular complexity index is 1210. The molecular formula is C29H37ClN4O5. The Labute approximate surface area is 235 Å². The lowest BCUT2D eigenvalue weighted by atomic mass is 10.0. The number of amides is 4. The van der Waals surface area contributed by atoms with Crippen LogP contribution >= 0.6 is 11.6 Å². The van der Waals surface area contributed by atoms with Gasteiger partial charge in [0.1, 0.15) is 11.4 Å². The van der Waals surface area contributed by atoms with Crippen molar-refractivity contribution in [3.05, 3.63) is 53.1 Å². The van der Waals surface area contributed by atoms with Gasteiger partial charge in [-0.05, 0) is 69.5 Å². The molecule has 4 rings (SSSR count). The normalized spacial score (nSPS) is 16.9. The number of nitrogens with zero attached hydrogens (tertiary/aromatic N) is 4. The number of anilines is 2. The van der Waals surface area contributed by atoms with Gasteiger partial charge in [0.05, 0.1) is 24.4 Å².